The number of piperidine rings is 2. The van der Waals surface area contributed by atoms with Crippen LogP contribution in [0.2, 0.25) is 0 Å². The Kier molecular flexibility index (Phi) is 7.79. The summed E-state index contributed by atoms with van der Waals surface area (Å²) in [4.78, 5) is 29.3. The normalized spacial score (nSPS) is 19.9. The first-order chi connectivity index (χ1) is 23.7. The van der Waals surface area contributed by atoms with Crippen molar-refractivity contribution in [2.45, 2.75) is 70.3 Å². The Labute approximate surface area is 285 Å². The van der Waals surface area contributed by atoms with Crippen LogP contribution < -0.4 is 4.90 Å². The number of aromatic nitrogens is 6. The van der Waals surface area contributed by atoms with Crippen molar-refractivity contribution in [3.05, 3.63) is 84.6 Å². The zero-order valence-corrected chi connectivity index (χ0v) is 28.1. The van der Waals surface area contributed by atoms with Crippen LogP contribution in [-0.4, -0.2) is 89.1 Å². The van der Waals surface area contributed by atoms with Gasteiger partial charge in [-0.3, -0.25) is 9.58 Å². The van der Waals surface area contributed by atoms with Gasteiger partial charge in [-0.15, -0.1) is 0 Å². The molecule has 250 valence electrons. The summed E-state index contributed by atoms with van der Waals surface area (Å²) in [6, 6.07) is 18.3. The fourth-order valence-electron chi connectivity index (χ4n) is 7.39. The molecule has 9 rings (SSSR count). The van der Waals surface area contributed by atoms with E-state index in [0.29, 0.717) is 47.6 Å². The number of piperazine rings is 1. The van der Waals surface area contributed by atoms with E-state index in [-0.39, 0.29) is 12.1 Å². The number of hydrogen-bond acceptors (Lipinski definition) is 9. The number of anilines is 1. The maximum absolute atomic E-state index is 12.5. The molecule has 5 aromatic rings. The van der Waals surface area contributed by atoms with Crippen LogP contribution >= 0.6 is 0 Å². The van der Waals surface area contributed by atoms with Crippen LogP contribution in [0.15, 0.2) is 73.4 Å². The van der Waals surface area contributed by atoms with E-state index in [4.69, 9.17) is 14.7 Å². The Balaban J connectivity index is 0.993. The number of carbonyl (C=O) groups is 1. The van der Waals surface area contributed by atoms with Crippen LogP contribution in [0, 0.1) is 11.3 Å². The molecule has 1 aromatic carbocycles. The molecule has 2 atom stereocenters. The van der Waals surface area contributed by atoms with Crippen LogP contribution in [0.5, 0.6) is 0 Å². The van der Waals surface area contributed by atoms with Gasteiger partial charge in [-0.2, -0.15) is 15.5 Å². The minimum Gasteiger partial charge on any atom is -0.444 e. The second-order valence-corrected chi connectivity index (χ2v) is 14.4. The van der Waals surface area contributed by atoms with Crippen LogP contribution in [0.3, 0.4) is 0 Å². The first-order valence-corrected chi connectivity index (χ1v) is 17.0. The van der Waals surface area contributed by atoms with Crippen molar-refractivity contribution >= 4 is 17.4 Å². The number of fused-ring (bicyclic) bond motifs is 3. The van der Waals surface area contributed by atoms with Crippen LogP contribution in [0.1, 0.15) is 57.2 Å². The lowest BCUT2D eigenvalue weighted by molar-refractivity contribution is -0.00868. The van der Waals surface area contributed by atoms with E-state index in [2.05, 4.69) is 62.5 Å². The number of rotatable bonds is 6. The predicted molar refractivity (Wildman–Crippen MR) is 185 cm³/mol. The second kappa shape index (κ2) is 12.3. The molecule has 0 saturated carbocycles. The third kappa shape index (κ3) is 6.10. The molecular formula is C37H40N10O2. The van der Waals surface area contributed by atoms with Crippen LogP contribution in [-0.2, 0) is 11.3 Å². The first kappa shape index (κ1) is 31.0. The third-order valence-corrected chi connectivity index (χ3v) is 9.90. The maximum Gasteiger partial charge on any atom is 0.410 e. The quantitative estimate of drug-likeness (QED) is 0.231. The number of carbonyl (C=O) groups excluding carboxylic acids is 1. The lowest BCUT2D eigenvalue weighted by Crippen LogP contribution is -2.68. The third-order valence-electron chi connectivity index (χ3n) is 9.90. The predicted octanol–water partition coefficient (Wildman–Crippen LogP) is 5.56. The molecular weight excluding hydrogens is 616 g/mol. The highest BCUT2D eigenvalue weighted by Crippen LogP contribution is 2.36. The zero-order valence-electron chi connectivity index (χ0n) is 28.1. The Morgan fingerprint density at radius 3 is 2.41 bits per heavy atom. The van der Waals surface area contributed by atoms with Gasteiger partial charge in [0.15, 0.2) is 0 Å². The zero-order chi connectivity index (χ0) is 33.7. The standard InChI is InChI=1S/C37H40N10O2/c1-37(2,3)49-36(48)43-13-11-29(12-14-43)46-21-28(19-40-46)32-24-47-35(27(16-38)18-41-47)34(42-32)26-9-10-33(39-17-26)44-22-30-15-31(23-44)45(30)20-25-7-5-4-6-8-25/h4-10,17-19,21,24,29-31H,11-15,20,22-23H2,1-3H3. The molecule has 4 fully saturated rings. The van der Waals surface area contributed by atoms with Crippen molar-refractivity contribution in [3.63, 3.8) is 0 Å². The number of nitriles is 1. The van der Waals surface area contributed by atoms with Gasteiger partial charge in [0.05, 0.1) is 36.0 Å². The number of hydrogen-bond donors (Lipinski definition) is 0. The van der Waals surface area contributed by atoms with E-state index >= 15 is 0 Å². The summed E-state index contributed by atoms with van der Waals surface area (Å²) in [5, 5.41) is 19.1. The van der Waals surface area contributed by atoms with Gasteiger partial charge in [0, 0.05) is 68.3 Å². The molecule has 1 amide bonds. The number of nitrogens with zero attached hydrogens (tertiary/aromatic N) is 10. The van der Waals surface area contributed by atoms with Gasteiger partial charge in [0.1, 0.15) is 28.6 Å². The molecule has 4 aliphatic rings. The monoisotopic (exact) mass is 656 g/mol. The molecule has 0 N–H and O–H groups in total. The first-order valence-electron chi connectivity index (χ1n) is 17.0. The topological polar surface area (TPSA) is 121 Å². The molecule has 0 radical (unpaired) electrons. The van der Waals surface area contributed by atoms with Crippen molar-refractivity contribution < 1.29 is 9.53 Å². The molecule has 49 heavy (non-hydrogen) atoms. The lowest BCUT2D eigenvalue weighted by Gasteiger charge is -2.56. The van der Waals surface area contributed by atoms with Crippen LogP contribution in [0.4, 0.5) is 10.6 Å². The van der Waals surface area contributed by atoms with Crippen molar-refractivity contribution in [1.82, 2.24) is 39.2 Å². The molecule has 2 unspecified atom stereocenters. The molecule has 12 nitrogen and oxygen atoms in total. The molecule has 4 aliphatic heterocycles. The Morgan fingerprint density at radius 1 is 0.939 bits per heavy atom. The average Bonchev–Trinajstić information content (AvgIpc) is 3.78. The van der Waals surface area contributed by atoms with Gasteiger partial charge < -0.3 is 14.5 Å². The Morgan fingerprint density at radius 2 is 1.71 bits per heavy atom. The average molecular weight is 657 g/mol. The summed E-state index contributed by atoms with van der Waals surface area (Å²) in [5.41, 5.74) is 4.98. The molecule has 12 heteroatoms. The molecule has 4 saturated heterocycles. The summed E-state index contributed by atoms with van der Waals surface area (Å²) in [5.74, 6) is 0.956. The fourth-order valence-corrected chi connectivity index (χ4v) is 7.39. The highest BCUT2D eigenvalue weighted by Gasteiger charge is 2.44. The summed E-state index contributed by atoms with van der Waals surface area (Å²) in [7, 11) is 0. The van der Waals surface area contributed by atoms with Crippen molar-refractivity contribution in [2.75, 3.05) is 31.1 Å². The van der Waals surface area contributed by atoms with E-state index in [1.54, 1.807) is 15.6 Å². The summed E-state index contributed by atoms with van der Waals surface area (Å²) in [6.07, 6.45) is 11.6. The highest BCUT2D eigenvalue weighted by atomic mass is 16.6. The molecule has 0 aliphatic carbocycles. The number of amides is 1. The van der Waals surface area contributed by atoms with Gasteiger partial charge in [0.25, 0.3) is 0 Å². The summed E-state index contributed by atoms with van der Waals surface area (Å²) in [6.45, 7) is 9.78. The minimum atomic E-state index is -0.516. The van der Waals surface area contributed by atoms with Gasteiger partial charge >= 0.3 is 6.09 Å². The maximum atomic E-state index is 12.5. The number of ether oxygens (including phenoxy) is 1. The van der Waals surface area contributed by atoms with Crippen molar-refractivity contribution in [3.8, 4) is 28.6 Å². The van der Waals surface area contributed by atoms with Crippen molar-refractivity contribution in [2.24, 2.45) is 0 Å². The van der Waals surface area contributed by atoms with Gasteiger partial charge in [-0.1, -0.05) is 30.3 Å². The lowest BCUT2D eigenvalue weighted by atomic mass is 9.86. The van der Waals surface area contributed by atoms with Gasteiger partial charge in [-0.25, -0.2) is 19.3 Å². The van der Waals surface area contributed by atoms with E-state index in [1.165, 1.54) is 12.0 Å². The largest absolute Gasteiger partial charge is 0.444 e. The second-order valence-electron chi connectivity index (χ2n) is 14.4. The molecule has 0 spiro atoms. The van der Waals surface area contributed by atoms with E-state index in [0.717, 1.165) is 49.4 Å². The van der Waals surface area contributed by atoms with Crippen LogP contribution in [0.25, 0.3) is 28.0 Å². The van der Waals surface area contributed by atoms with E-state index < -0.39 is 5.60 Å². The summed E-state index contributed by atoms with van der Waals surface area (Å²) >= 11 is 0. The number of benzene rings is 1. The van der Waals surface area contributed by atoms with Gasteiger partial charge in [-0.05, 0) is 57.7 Å². The Hall–Kier alpha value is -5.28. The van der Waals surface area contributed by atoms with E-state index in [1.807, 2.05) is 56.3 Å². The Bertz CT molecular complexity index is 2000. The molecule has 4 aromatic heterocycles. The van der Waals surface area contributed by atoms with Crippen molar-refractivity contribution in [1.29, 1.82) is 5.26 Å². The van der Waals surface area contributed by atoms with Gasteiger partial charge in [0.2, 0.25) is 0 Å². The smallest absolute Gasteiger partial charge is 0.410 e. The molecule has 8 heterocycles. The minimum absolute atomic E-state index is 0.161. The molecule has 2 bridgehead atoms. The highest BCUT2D eigenvalue weighted by molar-refractivity contribution is 5.83. The fraction of sp³-hybridized carbons (Fsp3) is 0.405. The van der Waals surface area contributed by atoms with E-state index in [9.17, 15) is 10.1 Å². The summed E-state index contributed by atoms with van der Waals surface area (Å²) < 4.78 is 9.25. The number of likely N-dealkylation sites (tertiary alicyclic amines) is 1. The SMILES string of the molecule is CC(C)(C)OC(=O)N1CCC(n2cc(-c3cn4ncc(C#N)c4c(-c4ccc(N5CC6CC(C5)N6Cc5ccccc5)nc4)n3)cn2)CC1. The number of pyridine rings is 1.